The quantitative estimate of drug-likeness (QED) is 0.531. The highest BCUT2D eigenvalue weighted by Gasteiger charge is 2.21. The summed E-state index contributed by atoms with van der Waals surface area (Å²) >= 11 is 3.22. The summed E-state index contributed by atoms with van der Waals surface area (Å²) in [6.45, 7) is 0. The number of hydrogen-bond acceptors (Lipinski definition) is 5. The second-order valence-electron chi connectivity index (χ2n) is 3.52. The first-order valence-corrected chi connectivity index (χ1v) is 5.80. The minimum Gasteiger partial charge on any atom is -0.408 e. The molecule has 0 bridgehead atoms. The summed E-state index contributed by atoms with van der Waals surface area (Å²) in [5, 5.41) is 20.6. The van der Waals surface area contributed by atoms with E-state index in [4.69, 9.17) is 0 Å². The second kappa shape index (κ2) is 5.21. The van der Waals surface area contributed by atoms with Crippen molar-refractivity contribution in [3.8, 4) is 0 Å². The lowest BCUT2D eigenvalue weighted by Gasteiger charge is -2.13. The lowest BCUT2D eigenvalue weighted by molar-refractivity contribution is -0.402. The van der Waals surface area contributed by atoms with E-state index >= 15 is 0 Å². The lowest BCUT2D eigenvalue weighted by Crippen LogP contribution is -2.26. The van der Waals surface area contributed by atoms with Gasteiger partial charge < -0.3 is 4.42 Å². The number of carbonyl (C=O) groups is 1. The third kappa shape index (κ3) is 2.80. The molecule has 0 saturated carbocycles. The van der Waals surface area contributed by atoms with Gasteiger partial charge in [-0.15, -0.1) is 0 Å². The first-order valence-electron chi connectivity index (χ1n) is 5.01. The molecule has 0 saturated heterocycles. The molecule has 0 spiro atoms. The van der Waals surface area contributed by atoms with Crippen LogP contribution in [0.25, 0.3) is 0 Å². The van der Waals surface area contributed by atoms with Crippen LogP contribution in [0.1, 0.15) is 10.4 Å². The predicted octanol–water partition coefficient (Wildman–Crippen LogP) is 2.99. The van der Waals surface area contributed by atoms with Crippen LogP contribution >= 0.6 is 15.9 Å². The fourth-order valence-electron chi connectivity index (χ4n) is 1.35. The predicted molar refractivity (Wildman–Crippen MR) is 68.1 cm³/mol. The molecular formula is C11H7BrN2O5. The van der Waals surface area contributed by atoms with Crippen LogP contribution in [-0.4, -0.2) is 16.0 Å². The van der Waals surface area contributed by atoms with Gasteiger partial charge in [0.25, 0.3) is 5.91 Å². The van der Waals surface area contributed by atoms with Gasteiger partial charge in [-0.25, -0.2) is 0 Å². The van der Waals surface area contributed by atoms with E-state index < -0.39 is 16.7 Å². The summed E-state index contributed by atoms with van der Waals surface area (Å²) in [7, 11) is 0. The van der Waals surface area contributed by atoms with Gasteiger partial charge in [0.1, 0.15) is 11.2 Å². The fourth-order valence-corrected chi connectivity index (χ4v) is 1.62. The molecule has 8 heteroatoms. The van der Waals surface area contributed by atoms with Gasteiger partial charge in [-0.1, -0.05) is 15.9 Å². The van der Waals surface area contributed by atoms with Gasteiger partial charge >= 0.3 is 5.88 Å². The highest BCUT2D eigenvalue weighted by atomic mass is 79.9. The largest absolute Gasteiger partial charge is 0.433 e. The number of furan rings is 1. The molecule has 7 nitrogen and oxygen atoms in total. The standard InChI is InChI=1S/C11H7BrN2O5/c12-8-1-3-9(4-2-8)13(16)11(15)7-5-10(14(17)18)19-6-7/h1-6,16H. The van der Waals surface area contributed by atoms with E-state index in [-0.39, 0.29) is 11.3 Å². The Morgan fingerprint density at radius 1 is 1.37 bits per heavy atom. The molecule has 1 aromatic heterocycles. The van der Waals surface area contributed by atoms with Crippen molar-refractivity contribution < 1.29 is 19.3 Å². The van der Waals surface area contributed by atoms with Gasteiger partial charge in [-0.05, 0) is 24.3 Å². The molecule has 98 valence electrons. The van der Waals surface area contributed by atoms with Crippen LogP contribution in [0.3, 0.4) is 0 Å². The number of anilines is 1. The molecule has 0 aliphatic rings. The Bertz CT molecular complexity index is 622. The number of rotatable bonds is 3. The molecule has 1 N–H and O–H groups in total. The maximum Gasteiger partial charge on any atom is 0.433 e. The summed E-state index contributed by atoms with van der Waals surface area (Å²) in [6, 6.07) is 7.25. The van der Waals surface area contributed by atoms with Gasteiger partial charge in [0.15, 0.2) is 0 Å². The van der Waals surface area contributed by atoms with E-state index in [1.807, 2.05) is 0 Å². The van der Waals surface area contributed by atoms with Gasteiger partial charge in [-0.2, -0.15) is 5.06 Å². The number of hydrogen-bond donors (Lipinski definition) is 1. The molecule has 1 amide bonds. The van der Waals surface area contributed by atoms with E-state index in [1.54, 1.807) is 12.1 Å². The van der Waals surface area contributed by atoms with Crippen LogP contribution < -0.4 is 5.06 Å². The third-order valence-corrected chi connectivity index (χ3v) is 2.80. The van der Waals surface area contributed by atoms with Crippen LogP contribution in [0.4, 0.5) is 11.6 Å². The van der Waals surface area contributed by atoms with Gasteiger partial charge in [-0.3, -0.25) is 20.1 Å². The highest BCUT2D eigenvalue weighted by Crippen LogP contribution is 2.21. The first-order chi connectivity index (χ1) is 8.99. The summed E-state index contributed by atoms with van der Waals surface area (Å²) < 4.78 is 5.38. The number of hydroxylamine groups is 1. The Balaban J connectivity index is 2.22. The van der Waals surface area contributed by atoms with Crippen molar-refractivity contribution in [2.75, 3.05) is 5.06 Å². The van der Waals surface area contributed by atoms with Crippen molar-refractivity contribution in [2.45, 2.75) is 0 Å². The highest BCUT2D eigenvalue weighted by molar-refractivity contribution is 9.10. The monoisotopic (exact) mass is 326 g/mol. The topological polar surface area (TPSA) is 96.8 Å². The van der Waals surface area contributed by atoms with Crippen molar-refractivity contribution in [3.05, 3.63) is 56.7 Å². The molecule has 0 aliphatic carbocycles. The van der Waals surface area contributed by atoms with Crippen molar-refractivity contribution >= 4 is 33.4 Å². The molecule has 0 unspecified atom stereocenters. The van der Waals surface area contributed by atoms with Gasteiger partial charge in [0.2, 0.25) is 0 Å². The van der Waals surface area contributed by atoms with Gasteiger partial charge in [0.05, 0.1) is 17.3 Å². The molecule has 2 aromatic rings. The normalized spacial score (nSPS) is 10.2. The minimum atomic E-state index is -0.820. The van der Waals surface area contributed by atoms with Crippen LogP contribution in [0.5, 0.6) is 0 Å². The van der Waals surface area contributed by atoms with E-state index in [1.165, 1.54) is 12.1 Å². The van der Waals surface area contributed by atoms with Crippen LogP contribution in [0.2, 0.25) is 0 Å². The average molecular weight is 327 g/mol. The van der Waals surface area contributed by atoms with E-state index in [9.17, 15) is 20.1 Å². The maximum absolute atomic E-state index is 11.8. The molecule has 1 heterocycles. The van der Waals surface area contributed by atoms with Crippen molar-refractivity contribution in [2.24, 2.45) is 0 Å². The zero-order valence-electron chi connectivity index (χ0n) is 9.32. The number of benzene rings is 1. The number of halogens is 1. The van der Waals surface area contributed by atoms with E-state index in [0.717, 1.165) is 16.8 Å². The van der Waals surface area contributed by atoms with Crippen molar-refractivity contribution in [1.82, 2.24) is 0 Å². The third-order valence-electron chi connectivity index (χ3n) is 2.28. The zero-order chi connectivity index (χ0) is 14.0. The molecule has 0 fully saturated rings. The lowest BCUT2D eigenvalue weighted by atomic mass is 10.2. The number of carbonyl (C=O) groups excluding carboxylic acids is 1. The summed E-state index contributed by atoms with van der Waals surface area (Å²) in [5.74, 6) is -1.38. The summed E-state index contributed by atoms with van der Waals surface area (Å²) in [5.41, 5.74) is 0.120. The van der Waals surface area contributed by atoms with Crippen LogP contribution in [-0.2, 0) is 0 Å². The second-order valence-corrected chi connectivity index (χ2v) is 4.44. The Hall–Kier alpha value is -2.19. The molecule has 0 aliphatic heterocycles. The SMILES string of the molecule is O=C(c1coc([N+](=O)[O-])c1)N(O)c1ccc(Br)cc1. The Morgan fingerprint density at radius 2 is 2.00 bits per heavy atom. The summed E-state index contributed by atoms with van der Waals surface area (Å²) in [4.78, 5) is 21.5. The van der Waals surface area contributed by atoms with Crippen molar-refractivity contribution in [3.63, 3.8) is 0 Å². The Morgan fingerprint density at radius 3 is 2.53 bits per heavy atom. The Labute approximate surface area is 115 Å². The average Bonchev–Trinajstić information content (AvgIpc) is 2.87. The molecule has 1 aromatic carbocycles. The van der Waals surface area contributed by atoms with Crippen LogP contribution in [0.15, 0.2) is 45.5 Å². The van der Waals surface area contributed by atoms with E-state index in [0.29, 0.717) is 5.06 Å². The van der Waals surface area contributed by atoms with Gasteiger partial charge in [0, 0.05) is 4.47 Å². The minimum absolute atomic E-state index is 0.114. The molecule has 0 radical (unpaired) electrons. The zero-order valence-corrected chi connectivity index (χ0v) is 10.9. The fraction of sp³-hybridized carbons (Fsp3) is 0. The number of amides is 1. The maximum atomic E-state index is 11.8. The molecule has 0 atom stereocenters. The number of nitrogens with zero attached hydrogens (tertiary/aromatic N) is 2. The molecule has 19 heavy (non-hydrogen) atoms. The smallest absolute Gasteiger partial charge is 0.408 e. The summed E-state index contributed by atoms with van der Waals surface area (Å²) in [6.07, 6.45) is 0.919. The van der Waals surface area contributed by atoms with E-state index in [2.05, 4.69) is 20.3 Å². The van der Waals surface area contributed by atoms with Crippen molar-refractivity contribution in [1.29, 1.82) is 0 Å². The Kier molecular flexibility index (Phi) is 3.63. The van der Waals surface area contributed by atoms with Crippen LogP contribution in [0, 0.1) is 10.1 Å². The molecule has 2 rings (SSSR count). The number of nitro groups is 1. The first kappa shape index (κ1) is 13.2. The molecular weight excluding hydrogens is 320 g/mol.